The summed E-state index contributed by atoms with van der Waals surface area (Å²) in [6, 6.07) is 8.62. The fourth-order valence-electron chi connectivity index (χ4n) is 2.13. The molecule has 6 heteroatoms. The highest BCUT2D eigenvalue weighted by molar-refractivity contribution is 7.71. The van der Waals surface area contributed by atoms with E-state index in [2.05, 4.69) is 4.98 Å². The standard InChI is InChI=1S/C14H10F2N2OS/c1-19-11-2-3-12-13(7-11)18(14(20)17-12)10-5-8(15)4-9(16)6-10/h2-7H,1H3,(H,17,20). The van der Waals surface area contributed by atoms with Crippen LogP contribution in [0.25, 0.3) is 16.7 Å². The van der Waals surface area contributed by atoms with Gasteiger partial charge in [0.05, 0.1) is 23.8 Å². The summed E-state index contributed by atoms with van der Waals surface area (Å²) in [5.74, 6) is -0.671. The van der Waals surface area contributed by atoms with Crippen molar-refractivity contribution in [1.82, 2.24) is 9.55 Å². The van der Waals surface area contributed by atoms with E-state index >= 15 is 0 Å². The lowest BCUT2D eigenvalue weighted by Crippen LogP contribution is -1.96. The Hall–Kier alpha value is -2.21. The number of hydrogen-bond donors (Lipinski definition) is 1. The molecule has 0 amide bonds. The number of fused-ring (bicyclic) bond motifs is 1. The van der Waals surface area contributed by atoms with Gasteiger partial charge in [0, 0.05) is 12.1 Å². The predicted octanol–water partition coefficient (Wildman–Crippen LogP) is 3.97. The fraction of sp³-hybridized carbons (Fsp3) is 0.0714. The number of rotatable bonds is 2. The lowest BCUT2D eigenvalue weighted by atomic mass is 10.2. The van der Waals surface area contributed by atoms with E-state index in [1.165, 1.54) is 12.1 Å². The Morgan fingerprint density at radius 3 is 2.45 bits per heavy atom. The van der Waals surface area contributed by atoms with E-state index in [0.717, 1.165) is 11.6 Å². The Balaban J connectivity index is 2.34. The molecule has 0 saturated carbocycles. The minimum Gasteiger partial charge on any atom is -0.497 e. The number of aromatic nitrogens is 2. The molecule has 0 unspecified atom stereocenters. The van der Waals surface area contributed by atoms with Crippen molar-refractivity contribution in [3.63, 3.8) is 0 Å². The van der Waals surface area contributed by atoms with Crippen molar-refractivity contribution < 1.29 is 13.5 Å². The van der Waals surface area contributed by atoms with Crippen LogP contribution in [0.4, 0.5) is 8.78 Å². The van der Waals surface area contributed by atoms with Gasteiger partial charge in [-0.25, -0.2) is 8.78 Å². The van der Waals surface area contributed by atoms with E-state index in [0.29, 0.717) is 21.7 Å². The molecule has 3 rings (SSSR count). The molecule has 0 aliphatic carbocycles. The van der Waals surface area contributed by atoms with Gasteiger partial charge in [0.2, 0.25) is 0 Å². The van der Waals surface area contributed by atoms with Crippen molar-refractivity contribution in [2.75, 3.05) is 7.11 Å². The highest BCUT2D eigenvalue weighted by atomic mass is 32.1. The molecule has 0 aliphatic rings. The Labute approximate surface area is 118 Å². The molecule has 3 nitrogen and oxygen atoms in total. The highest BCUT2D eigenvalue weighted by Gasteiger charge is 2.10. The molecule has 0 radical (unpaired) electrons. The second-order valence-electron chi connectivity index (χ2n) is 4.28. The maximum atomic E-state index is 13.4. The van der Waals surface area contributed by atoms with Gasteiger partial charge in [-0.3, -0.25) is 4.57 Å². The molecule has 102 valence electrons. The van der Waals surface area contributed by atoms with Crippen LogP contribution >= 0.6 is 12.2 Å². The Bertz CT molecular complexity index is 834. The first-order valence-electron chi connectivity index (χ1n) is 5.84. The molecule has 0 fully saturated rings. The second-order valence-corrected chi connectivity index (χ2v) is 4.66. The second kappa shape index (κ2) is 4.72. The van der Waals surface area contributed by atoms with Crippen molar-refractivity contribution in [1.29, 1.82) is 0 Å². The quantitative estimate of drug-likeness (QED) is 0.724. The molecule has 0 saturated heterocycles. The van der Waals surface area contributed by atoms with Gasteiger partial charge in [0.15, 0.2) is 4.77 Å². The van der Waals surface area contributed by atoms with Crippen molar-refractivity contribution >= 4 is 23.3 Å². The number of aromatic amines is 1. The molecule has 1 N–H and O–H groups in total. The van der Waals surface area contributed by atoms with Gasteiger partial charge < -0.3 is 9.72 Å². The van der Waals surface area contributed by atoms with Crippen LogP contribution in [0.1, 0.15) is 0 Å². The zero-order valence-corrected chi connectivity index (χ0v) is 11.3. The number of ether oxygens (including phenoxy) is 1. The zero-order chi connectivity index (χ0) is 14.3. The summed E-state index contributed by atoms with van der Waals surface area (Å²) < 4.78 is 33.8. The van der Waals surface area contributed by atoms with E-state index in [4.69, 9.17) is 17.0 Å². The van der Waals surface area contributed by atoms with Crippen LogP contribution in [0.5, 0.6) is 5.75 Å². The third-order valence-electron chi connectivity index (χ3n) is 3.00. The molecule has 0 spiro atoms. The molecule has 1 aromatic heterocycles. The number of nitrogens with one attached hydrogen (secondary N) is 1. The van der Waals surface area contributed by atoms with Gasteiger partial charge in [-0.1, -0.05) is 0 Å². The van der Waals surface area contributed by atoms with Crippen molar-refractivity contribution in [2.24, 2.45) is 0 Å². The maximum absolute atomic E-state index is 13.4. The third kappa shape index (κ3) is 2.08. The van der Waals surface area contributed by atoms with Gasteiger partial charge >= 0.3 is 0 Å². The summed E-state index contributed by atoms with van der Waals surface area (Å²) in [5, 5.41) is 0. The number of imidazole rings is 1. The van der Waals surface area contributed by atoms with Crippen LogP contribution < -0.4 is 4.74 Å². The van der Waals surface area contributed by atoms with Gasteiger partial charge in [-0.2, -0.15) is 0 Å². The summed E-state index contributed by atoms with van der Waals surface area (Å²) in [6.07, 6.45) is 0. The Morgan fingerprint density at radius 2 is 1.80 bits per heavy atom. The topological polar surface area (TPSA) is 29.9 Å². The first-order valence-corrected chi connectivity index (χ1v) is 6.24. The number of halogens is 2. The van der Waals surface area contributed by atoms with Gasteiger partial charge in [0.25, 0.3) is 0 Å². The van der Waals surface area contributed by atoms with Crippen LogP contribution in [0, 0.1) is 16.4 Å². The molecular weight excluding hydrogens is 282 g/mol. The average Bonchev–Trinajstić information content (AvgIpc) is 2.72. The van der Waals surface area contributed by atoms with Crippen LogP contribution in [0.15, 0.2) is 36.4 Å². The SMILES string of the molecule is COc1ccc2[nH]c(=S)n(-c3cc(F)cc(F)c3)c2c1. The normalized spacial score (nSPS) is 10.9. The summed E-state index contributed by atoms with van der Waals surface area (Å²) in [4.78, 5) is 2.99. The van der Waals surface area contributed by atoms with E-state index < -0.39 is 11.6 Å². The lowest BCUT2D eigenvalue weighted by Gasteiger charge is -2.06. The van der Waals surface area contributed by atoms with Gasteiger partial charge in [-0.05, 0) is 36.5 Å². The molecule has 2 aromatic carbocycles. The number of methoxy groups -OCH3 is 1. The Kier molecular flexibility index (Phi) is 3.02. The van der Waals surface area contributed by atoms with Crippen LogP contribution in [-0.4, -0.2) is 16.7 Å². The van der Waals surface area contributed by atoms with E-state index in [1.807, 2.05) is 0 Å². The summed E-state index contributed by atoms with van der Waals surface area (Å²) in [6.45, 7) is 0. The lowest BCUT2D eigenvalue weighted by molar-refractivity contribution is 0.415. The molecule has 0 aliphatic heterocycles. The molecule has 3 aromatic rings. The van der Waals surface area contributed by atoms with Crippen LogP contribution in [-0.2, 0) is 0 Å². The van der Waals surface area contributed by atoms with E-state index in [1.54, 1.807) is 29.9 Å². The van der Waals surface area contributed by atoms with Crippen molar-refractivity contribution in [2.45, 2.75) is 0 Å². The number of nitrogens with zero attached hydrogens (tertiary/aromatic N) is 1. The van der Waals surface area contributed by atoms with E-state index in [9.17, 15) is 8.78 Å². The largest absolute Gasteiger partial charge is 0.497 e. The Morgan fingerprint density at radius 1 is 1.10 bits per heavy atom. The first kappa shape index (κ1) is 12.8. The molecule has 0 atom stereocenters. The number of benzene rings is 2. The van der Waals surface area contributed by atoms with Gasteiger partial charge in [-0.15, -0.1) is 0 Å². The van der Waals surface area contributed by atoms with Crippen molar-refractivity contribution in [3.8, 4) is 11.4 Å². The molecule has 0 bridgehead atoms. The van der Waals surface area contributed by atoms with Crippen LogP contribution in [0.2, 0.25) is 0 Å². The third-order valence-corrected chi connectivity index (χ3v) is 3.28. The number of H-pyrrole nitrogens is 1. The minimum atomic E-state index is -0.654. The highest BCUT2D eigenvalue weighted by Crippen LogP contribution is 2.24. The smallest absolute Gasteiger partial charge is 0.182 e. The van der Waals surface area contributed by atoms with Crippen LogP contribution in [0.3, 0.4) is 0 Å². The molecule has 20 heavy (non-hydrogen) atoms. The average molecular weight is 292 g/mol. The minimum absolute atomic E-state index is 0.326. The monoisotopic (exact) mass is 292 g/mol. The summed E-state index contributed by atoms with van der Waals surface area (Å²) >= 11 is 5.22. The number of hydrogen-bond acceptors (Lipinski definition) is 2. The van der Waals surface area contributed by atoms with Gasteiger partial charge in [0.1, 0.15) is 17.4 Å². The summed E-state index contributed by atoms with van der Waals surface area (Å²) in [7, 11) is 1.55. The predicted molar refractivity (Wildman–Crippen MR) is 74.9 cm³/mol. The van der Waals surface area contributed by atoms with E-state index in [-0.39, 0.29) is 0 Å². The fourth-order valence-corrected chi connectivity index (χ4v) is 2.45. The summed E-state index contributed by atoms with van der Waals surface area (Å²) in [5.41, 5.74) is 1.78. The maximum Gasteiger partial charge on any atom is 0.182 e. The molecule has 1 heterocycles. The first-order chi connectivity index (χ1) is 9.58. The zero-order valence-electron chi connectivity index (χ0n) is 10.5. The van der Waals surface area contributed by atoms with Crippen molar-refractivity contribution in [3.05, 3.63) is 52.8 Å². The molecular formula is C14H10F2N2OS.